The fraction of sp³-hybridized carbons (Fsp3) is 0.571. The molecule has 0 fully saturated rings. The summed E-state index contributed by atoms with van der Waals surface area (Å²) in [5.74, 6) is -2.12. The molecule has 0 aliphatic carbocycles. The SMILES string of the molecule is C=COC(=O)C(C(C)C)C(C(=O)OC=C)C(C)C. The number of esters is 2. The molecule has 0 rings (SSSR count). The summed E-state index contributed by atoms with van der Waals surface area (Å²) in [5.41, 5.74) is 0. The summed E-state index contributed by atoms with van der Waals surface area (Å²) in [6.45, 7) is 14.2. The van der Waals surface area contributed by atoms with Gasteiger partial charge in [0.25, 0.3) is 0 Å². The molecule has 2 unspecified atom stereocenters. The molecule has 0 amide bonds. The average molecular weight is 254 g/mol. The maximum absolute atomic E-state index is 11.9. The minimum atomic E-state index is -0.560. The fourth-order valence-electron chi connectivity index (χ4n) is 1.99. The van der Waals surface area contributed by atoms with Crippen molar-refractivity contribution in [1.29, 1.82) is 0 Å². The quantitative estimate of drug-likeness (QED) is 0.518. The van der Waals surface area contributed by atoms with E-state index < -0.39 is 23.8 Å². The van der Waals surface area contributed by atoms with Crippen LogP contribution < -0.4 is 0 Å². The Hall–Kier alpha value is -1.58. The minimum Gasteiger partial charge on any atom is -0.435 e. The van der Waals surface area contributed by atoms with E-state index in [2.05, 4.69) is 13.2 Å². The lowest BCUT2D eigenvalue weighted by molar-refractivity contribution is -0.158. The number of carbonyl (C=O) groups is 2. The highest BCUT2D eigenvalue weighted by atomic mass is 16.5. The summed E-state index contributed by atoms with van der Waals surface area (Å²) < 4.78 is 9.63. The second kappa shape index (κ2) is 7.69. The molecule has 0 aliphatic rings. The van der Waals surface area contributed by atoms with Crippen LogP contribution in [0.25, 0.3) is 0 Å². The van der Waals surface area contributed by atoms with Crippen molar-refractivity contribution in [2.75, 3.05) is 0 Å². The van der Waals surface area contributed by atoms with E-state index in [4.69, 9.17) is 9.47 Å². The van der Waals surface area contributed by atoms with Gasteiger partial charge in [0, 0.05) is 0 Å². The van der Waals surface area contributed by atoms with E-state index in [1.54, 1.807) is 0 Å². The Balaban J connectivity index is 5.23. The van der Waals surface area contributed by atoms with Crippen molar-refractivity contribution in [2.24, 2.45) is 23.7 Å². The van der Waals surface area contributed by atoms with Crippen LogP contribution in [0.5, 0.6) is 0 Å². The third kappa shape index (κ3) is 4.35. The predicted octanol–water partition coefficient (Wildman–Crippen LogP) is 2.90. The van der Waals surface area contributed by atoms with Crippen LogP contribution in [0.15, 0.2) is 25.7 Å². The summed E-state index contributed by atoms with van der Waals surface area (Å²) in [4.78, 5) is 23.8. The largest absolute Gasteiger partial charge is 0.435 e. The summed E-state index contributed by atoms with van der Waals surface area (Å²) in [6.07, 6.45) is 2.15. The first kappa shape index (κ1) is 16.4. The topological polar surface area (TPSA) is 52.6 Å². The summed E-state index contributed by atoms with van der Waals surface area (Å²) >= 11 is 0. The summed E-state index contributed by atoms with van der Waals surface area (Å²) in [6, 6.07) is 0. The van der Waals surface area contributed by atoms with Crippen LogP contribution in [0.3, 0.4) is 0 Å². The standard InChI is InChI=1S/C14H22O4/c1-7-17-13(15)11(9(3)4)12(10(5)6)14(16)18-8-2/h7-12H,1-2H2,3-6H3. The summed E-state index contributed by atoms with van der Waals surface area (Å²) in [5, 5.41) is 0. The van der Waals surface area contributed by atoms with Crippen LogP contribution in [-0.2, 0) is 19.1 Å². The van der Waals surface area contributed by atoms with Crippen molar-refractivity contribution in [3.05, 3.63) is 25.7 Å². The molecule has 0 saturated carbocycles. The van der Waals surface area contributed by atoms with Gasteiger partial charge in [-0.3, -0.25) is 9.59 Å². The van der Waals surface area contributed by atoms with E-state index in [-0.39, 0.29) is 11.8 Å². The lowest BCUT2D eigenvalue weighted by atomic mass is 9.77. The second-order valence-electron chi connectivity index (χ2n) is 4.75. The van der Waals surface area contributed by atoms with Crippen molar-refractivity contribution in [3.8, 4) is 0 Å². The first-order valence-electron chi connectivity index (χ1n) is 5.99. The molecule has 0 saturated heterocycles. The van der Waals surface area contributed by atoms with Gasteiger partial charge in [-0.2, -0.15) is 0 Å². The van der Waals surface area contributed by atoms with Gasteiger partial charge in [0.1, 0.15) is 0 Å². The molecule has 0 bridgehead atoms. The average Bonchev–Trinajstić information content (AvgIpc) is 2.24. The van der Waals surface area contributed by atoms with Crippen LogP contribution in [0.1, 0.15) is 27.7 Å². The van der Waals surface area contributed by atoms with E-state index >= 15 is 0 Å². The minimum absolute atomic E-state index is 0.0396. The number of hydrogen-bond acceptors (Lipinski definition) is 4. The molecule has 18 heavy (non-hydrogen) atoms. The van der Waals surface area contributed by atoms with Gasteiger partial charge in [-0.1, -0.05) is 40.9 Å². The molecule has 0 aliphatic heterocycles. The van der Waals surface area contributed by atoms with Crippen LogP contribution in [-0.4, -0.2) is 11.9 Å². The third-order valence-electron chi connectivity index (χ3n) is 2.77. The number of rotatable bonds is 7. The Morgan fingerprint density at radius 2 is 1.11 bits per heavy atom. The molecule has 2 atom stereocenters. The Morgan fingerprint density at radius 1 is 0.833 bits per heavy atom. The van der Waals surface area contributed by atoms with Crippen LogP contribution >= 0.6 is 0 Å². The molecule has 0 N–H and O–H groups in total. The van der Waals surface area contributed by atoms with Gasteiger partial charge in [0.15, 0.2) is 0 Å². The van der Waals surface area contributed by atoms with E-state index in [9.17, 15) is 9.59 Å². The smallest absolute Gasteiger partial charge is 0.314 e. The molecule has 0 aromatic heterocycles. The molecule has 0 heterocycles. The number of hydrogen-bond donors (Lipinski definition) is 0. The zero-order chi connectivity index (χ0) is 14.3. The van der Waals surface area contributed by atoms with Gasteiger partial charge in [0.05, 0.1) is 24.4 Å². The van der Waals surface area contributed by atoms with E-state index in [1.807, 2.05) is 27.7 Å². The molecule has 4 heteroatoms. The predicted molar refractivity (Wildman–Crippen MR) is 69.2 cm³/mol. The number of ether oxygens (including phenoxy) is 2. The van der Waals surface area contributed by atoms with Gasteiger partial charge in [-0.05, 0) is 11.8 Å². The second-order valence-corrected chi connectivity index (χ2v) is 4.75. The first-order valence-corrected chi connectivity index (χ1v) is 5.99. The van der Waals surface area contributed by atoms with Crippen LogP contribution in [0.4, 0.5) is 0 Å². The maximum atomic E-state index is 11.9. The van der Waals surface area contributed by atoms with Crippen molar-refractivity contribution in [1.82, 2.24) is 0 Å². The van der Waals surface area contributed by atoms with Gasteiger partial charge < -0.3 is 9.47 Å². The molecule has 0 spiro atoms. The van der Waals surface area contributed by atoms with Crippen LogP contribution in [0.2, 0.25) is 0 Å². The van der Waals surface area contributed by atoms with Crippen LogP contribution in [0, 0.1) is 23.7 Å². The molecular formula is C14H22O4. The van der Waals surface area contributed by atoms with E-state index in [0.29, 0.717) is 0 Å². The lowest BCUT2D eigenvalue weighted by Crippen LogP contribution is -2.38. The highest BCUT2D eigenvalue weighted by Gasteiger charge is 2.39. The number of carbonyl (C=O) groups excluding carboxylic acids is 2. The molecule has 102 valence electrons. The van der Waals surface area contributed by atoms with Crippen molar-refractivity contribution in [2.45, 2.75) is 27.7 Å². The highest BCUT2D eigenvalue weighted by Crippen LogP contribution is 2.30. The lowest BCUT2D eigenvalue weighted by Gasteiger charge is -2.28. The molecule has 0 aromatic carbocycles. The van der Waals surface area contributed by atoms with E-state index in [0.717, 1.165) is 12.5 Å². The Bertz CT molecular complexity index is 286. The zero-order valence-electron chi connectivity index (χ0n) is 11.5. The van der Waals surface area contributed by atoms with Crippen molar-refractivity contribution in [3.63, 3.8) is 0 Å². The first-order chi connectivity index (χ1) is 8.36. The Morgan fingerprint density at radius 3 is 1.28 bits per heavy atom. The molecule has 0 aromatic rings. The fourth-order valence-corrected chi connectivity index (χ4v) is 1.99. The summed E-state index contributed by atoms with van der Waals surface area (Å²) in [7, 11) is 0. The van der Waals surface area contributed by atoms with Crippen molar-refractivity contribution < 1.29 is 19.1 Å². The van der Waals surface area contributed by atoms with Crippen molar-refractivity contribution >= 4 is 11.9 Å². The molecular weight excluding hydrogens is 232 g/mol. The third-order valence-corrected chi connectivity index (χ3v) is 2.77. The van der Waals surface area contributed by atoms with E-state index in [1.165, 1.54) is 0 Å². The zero-order valence-corrected chi connectivity index (χ0v) is 11.5. The highest BCUT2D eigenvalue weighted by molar-refractivity contribution is 5.83. The van der Waals surface area contributed by atoms with Gasteiger partial charge in [0.2, 0.25) is 0 Å². The maximum Gasteiger partial charge on any atom is 0.314 e. The molecule has 4 nitrogen and oxygen atoms in total. The Labute approximate surface area is 109 Å². The Kier molecular flexibility index (Phi) is 7.01. The monoisotopic (exact) mass is 254 g/mol. The van der Waals surface area contributed by atoms with Gasteiger partial charge in [-0.15, -0.1) is 0 Å². The van der Waals surface area contributed by atoms with Gasteiger partial charge in [-0.25, -0.2) is 0 Å². The van der Waals surface area contributed by atoms with Gasteiger partial charge >= 0.3 is 11.9 Å². The normalized spacial score (nSPS) is 13.9. The molecule has 0 radical (unpaired) electrons.